The van der Waals surface area contributed by atoms with Crippen molar-refractivity contribution in [3.05, 3.63) is 29.8 Å². The van der Waals surface area contributed by atoms with Gasteiger partial charge in [-0.15, -0.1) is 0 Å². The molecule has 0 saturated carbocycles. The van der Waals surface area contributed by atoms with E-state index in [-0.39, 0.29) is 11.8 Å². The molecule has 0 bridgehead atoms. The van der Waals surface area contributed by atoms with Crippen LogP contribution in [0.25, 0.3) is 0 Å². The summed E-state index contributed by atoms with van der Waals surface area (Å²) in [6.07, 6.45) is 2.87. The highest BCUT2D eigenvalue weighted by atomic mass is 16.1. The van der Waals surface area contributed by atoms with Crippen LogP contribution in [0.15, 0.2) is 24.3 Å². The lowest BCUT2D eigenvalue weighted by molar-refractivity contribution is -0.124. The van der Waals surface area contributed by atoms with Crippen molar-refractivity contribution < 1.29 is 4.79 Å². The first-order chi connectivity index (χ1) is 9.72. The van der Waals surface area contributed by atoms with Crippen molar-refractivity contribution >= 4 is 11.6 Å². The minimum Gasteiger partial charge on any atom is -0.371 e. The summed E-state index contributed by atoms with van der Waals surface area (Å²) in [7, 11) is 0. The molecule has 1 aromatic rings. The molecular formula is C16H25N3O. The van der Waals surface area contributed by atoms with E-state index in [1.807, 2.05) is 6.92 Å². The Morgan fingerprint density at radius 3 is 3.05 bits per heavy atom. The molecule has 1 aliphatic heterocycles. The molecule has 0 saturated heterocycles. The van der Waals surface area contributed by atoms with Crippen LogP contribution in [0, 0.1) is 5.92 Å². The summed E-state index contributed by atoms with van der Waals surface area (Å²) in [5, 5.41) is 2.99. The molecule has 1 unspecified atom stereocenters. The SMILES string of the molecule is CC(CCN)C(=O)NCCCN1CCc2ccccc21. The molecular weight excluding hydrogens is 250 g/mol. The summed E-state index contributed by atoms with van der Waals surface area (Å²) in [4.78, 5) is 14.2. The van der Waals surface area contributed by atoms with E-state index in [2.05, 4.69) is 34.5 Å². The van der Waals surface area contributed by atoms with Gasteiger partial charge in [0.1, 0.15) is 0 Å². The van der Waals surface area contributed by atoms with Gasteiger partial charge in [0.2, 0.25) is 5.91 Å². The normalized spacial score (nSPS) is 15.0. The van der Waals surface area contributed by atoms with Crippen LogP contribution in [-0.2, 0) is 11.2 Å². The zero-order valence-electron chi connectivity index (χ0n) is 12.3. The van der Waals surface area contributed by atoms with E-state index in [0.29, 0.717) is 6.54 Å². The Balaban J connectivity index is 1.69. The largest absolute Gasteiger partial charge is 0.371 e. The summed E-state index contributed by atoms with van der Waals surface area (Å²) >= 11 is 0. The van der Waals surface area contributed by atoms with E-state index in [1.54, 1.807) is 0 Å². The van der Waals surface area contributed by atoms with Gasteiger partial charge in [0.15, 0.2) is 0 Å². The zero-order valence-corrected chi connectivity index (χ0v) is 12.3. The third-order valence-corrected chi connectivity index (χ3v) is 3.93. The van der Waals surface area contributed by atoms with Crippen LogP contribution in [0.3, 0.4) is 0 Å². The molecule has 2 rings (SSSR count). The smallest absolute Gasteiger partial charge is 0.222 e. The number of hydrogen-bond acceptors (Lipinski definition) is 3. The molecule has 0 aliphatic carbocycles. The number of nitrogens with two attached hydrogens (primary N) is 1. The molecule has 20 heavy (non-hydrogen) atoms. The zero-order chi connectivity index (χ0) is 14.4. The number of nitrogens with one attached hydrogen (secondary N) is 1. The second kappa shape index (κ2) is 7.29. The van der Waals surface area contributed by atoms with Crippen LogP contribution in [0.1, 0.15) is 25.3 Å². The fraction of sp³-hybridized carbons (Fsp3) is 0.562. The van der Waals surface area contributed by atoms with Crippen LogP contribution < -0.4 is 16.0 Å². The third-order valence-electron chi connectivity index (χ3n) is 3.93. The fourth-order valence-corrected chi connectivity index (χ4v) is 2.68. The Morgan fingerprint density at radius 2 is 2.25 bits per heavy atom. The average molecular weight is 275 g/mol. The number of amides is 1. The molecule has 1 amide bonds. The molecule has 110 valence electrons. The van der Waals surface area contributed by atoms with Crippen LogP contribution >= 0.6 is 0 Å². The lowest BCUT2D eigenvalue weighted by atomic mass is 10.1. The standard InChI is InChI=1S/C16H25N3O/c1-13(7-9-17)16(20)18-10-4-11-19-12-8-14-5-2-3-6-15(14)19/h2-3,5-6,13H,4,7-12,17H2,1H3,(H,18,20). The third kappa shape index (κ3) is 3.73. The van der Waals surface area contributed by atoms with Gasteiger partial charge < -0.3 is 16.0 Å². The van der Waals surface area contributed by atoms with Gasteiger partial charge in [0.25, 0.3) is 0 Å². The highest BCUT2D eigenvalue weighted by molar-refractivity contribution is 5.78. The quantitative estimate of drug-likeness (QED) is 0.742. The van der Waals surface area contributed by atoms with E-state index >= 15 is 0 Å². The van der Waals surface area contributed by atoms with Crippen LogP contribution in [0.4, 0.5) is 5.69 Å². The highest BCUT2D eigenvalue weighted by Crippen LogP contribution is 2.27. The van der Waals surface area contributed by atoms with E-state index in [0.717, 1.165) is 38.9 Å². The van der Waals surface area contributed by atoms with Crippen molar-refractivity contribution in [2.24, 2.45) is 11.7 Å². The first-order valence-corrected chi connectivity index (χ1v) is 7.53. The number of anilines is 1. The van der Waals surface area contributed by atoms with Gasteiger partial charge in [-0.1, -0.05) is 25.1 Å². The van der Waals surface area contributed by atoms with Crippen LogP contribution in [0.2, 0.25) is 0 Å². The predicted octanol–water partition coefficient (Wildman–Crippen LogP) is 1.54. The van der Waals surface area contributed by atoms with Crippen molar-refractivity contribution in [3.8, 4) is 0 Å². The molecule has 0 aromatic heterocycles. The number of carbonyl (C=O) groups excluding carboxylic acids is 1. The minimum atomic E-state index is 0.0208. The lowest BCUT2D eigenvalue weighted by Gasteiger charge is -2.19. The summed E-state index contributed by atoms with van der Waals surface area (Å²) in [5.41, 5.74) is 8.26. The Labute approximate surface area is 121 Å². The van der Waals surface area contributed by atoms with Crippen molar-refractivity contribution in [2.75, 3.05) is 31.1 Å². The second-order valence-electron chi connectivity index (χ2n) is 5.49. The molecule has 1 heterocycles. The summed E-state index contributed by atoms with van der Waals surface area (Å²) in [6.45, 7) is 5.34. The van der Waals surface area contributed by atoms with E-state index in [9.17, 15) is 4.79 Å². The van der Waals surface area contributed by atoms with Gasteiger partial charge in [-0.25, -0.2) is 0 Å². The number of benzene rings is 1. The van der Waals surface area contributed by atoms with Gasteiger partial charge in [-0.3, -0.25) is 4.79 Å². The van der Waals surface area contributed by atoms with Crippen LogP contribution in [0.5, 0.6) is 0 Å². The lowest BCUT2D eigenvalue weighted by Crippen LogP contribution is -2.33. The maximum absolute atomic E-state index is 11.7. The van der Waals surface area contributed by atoms with Crippen molar-refractivity contribution in [2.45, 2.75) is 26.2 Å². The van der Waals surface area contributed by atoms with Gasteiger partial charge in [0.05, 0.1) is 0 Å². The highest BCUT2D eigenvalue weighted by Gasteiger charge is 2.17. The minimum absolute atomic E-state index is 0.0208. The number of carbonyl (C=O) groups is 1. The maximum atomic E-state index is 11.7. The second-order valence-corrected chi connectivity index (χ2v) is 5.49. The van der Waals surface area contributed by atoms with E-state index in [4.69, 9.17) is 5.73 Å². The number of fused-ring (bicyclic) bond motifs is 1. The van der Waals surface area contributed by atoms with Gasteiger partial charge in [0, 0.05) is 31.2 Å². The van der Waals surface area contributed by atoms with Gasteiger partial charge in [-0.05, 0) is 37.4 Å². The van der Waals surface area contributed by atoms with Crippen molar-refractivity contribution in [1.29, 1.82) is 0 Å². The summed E-state index contributed by atoms with van der Waals surface area (Å²) < 4.78 is 0. The summed E-state index contributed by atoms with van der Waals surface area (Å²) in [6, 6.07) is 8.57. The number of nitrogens with zero attached hydrogens (tertiary/aromatic N) is 1. The predicted molar refractivity (Wildman–Crippen MR) is 82.8 cm³/mol. The maximum Gasteiger partial charge on any atom is 0.222 e. The Hall–Kier alpha value is -1.55. The molecule has 3 N–H and O–H groups in total. The molecule has 1 aromatic carbocycles. The van der Waals surface area contributed by atoms with Gasteiger partial charge >= 0.3 is 0 Å². The number of hydrogen-bond donors (Lipinski definition) is 2. The number of rotatable bonds is 7. The first kappa shape index (κ1) is 14.9. The average Bonchev–Trinajstić information content (AvgIpc) is 2.87. The topological polar surface area (TPSA) is 58.4 Å². The Bertz CT molecular complexity index is 447. The molecule has 1 aliphatic rings. The van der Waals surface area contributed by atoms with Crippen LogP contribution in [-0.4, -0.2) is 32.1 Å². The monoisotopic (exact) mass is 275 g/mol. The van der Waals surface area contributed by atoms with Crippen molar-refractivity contribution in [3.63, 3.8) is 0 Å². The molecule has 4 nitrogen and oxygen atoms in total. The number of para-hydroxylation sites is 1. The molecule has 0 spiro atoms. The molecule has 0 fully saturated rings. The summed E-state index contributed by atoms with van der Waals surface area (Å²) in [5.74, 6) is 0.143. The van der Waals surface area contributed by atoms with E-state index < -0.39 is 0 Å². The first-order valence-electron chi connectivity index (χ1n) is 7.53. The molecule has 1 atom stereocenters. The molecule has 0 radical (unpaired) electrons. The van der Waals surface area contributed by atoms with Crippen molar-refractivity contribution in [1.82, 2.24) is 5.32 Å². The molecule has 4 heteroatoms. The fourth-order valence-electron chi connectivity index (χ4n) is 2.68. The van der Waals surface area contributed by atoms with Gasteiger partial charge in [-0.2, -0.15) is 0 Å². The van der Waals surface area contributed by atoms with E-state index in [1.165, 1.54) is 11.3 Å². The Morgan fingerprint density at radius 1 is 1.45 bits per heavy atom. The Kier molecular flexibility index (Phi) is 5.41.